The Balaban J connectivity index is 0.000000248. The van der Waals surface area contributed by atoms with Crippen LogP contribution < -0.4 is 35.3 Å². The molecule has 0 fully saturated rings. The number of aromatic nitrogens is 2. The number of carbonyl (C=O) groups is 4. The molecule has 4 amide bonds. The van der Waals surface area contributed by atoms with Crippen LogP contribution in [0.25, 0.3) is 19.8 Å². The van der Waals surface area contributed by atoms with Gasteiger partial charge in [0.25, 0.3) is 0 Å². The van der Waals surface area contributed by atoms with Crippen molar-refractivity contribution in [1.29, 1.82) is 0 Å². The van der Waals surface area contributed by atoms with Crippen molar-refractivity contribution < 1.29 is 61.7 Å². The van der Waals surface area contributed by atoms with Crippen LogP contribution in [0.3, 0.4) is 0 Å². The Hall–Kier alpha value is -5.87. The number of nitrogens with two attached hydrogens (primary N) is 1. The van der Waals surface area contributed by atoms with Crippen molar-refractivity contribution in [3.05, 3.63) is 194 Å². The molecule has 14 nitrogen and oxygen atoms in total. The summed E-state index contributed by atoms with van der Waals surface area (Å²) in [5, 5.41) is 9.78. The molecular formula is C57H60N7NaO7S5. The van der Waals surface area contributed by atoms with E-state index in [1.54, 1.807) is 96.3 Å². The first kappa shape index (κ1) is 60.4. The number of thiophene rings is 2. The summed E-state index contributed by atoms with van der Waals surface area (Å²) in [4.78, 5) is 71.1. The Morgan fingerprint density at radius 3 is 1.22 bits per heavy atom. The van der Waals surface area contributed by atoms with Gasteiger partial charge < -0.3 is 29.9 Å². The van der Waals surface area contributed by atoms with Crippen LogP contribution in [0.15, 0.2) is 155 Å². The summed E-state index contributed by atoms with van der Waals surface area (Å²) in [6, 6.07) is 39.8. The van der Waals surface area contributed by atoms with E-state index >= 15 is 0 Å². The third-order valence-electron chi connectivity index (χ3n) is 13.1. The minimum atomic E-state index is -4.39. The zero-order valence-corrected chi connectivity index (χ0v) is 50.1. The molecule has 8 rings (SSSR count). The normalized spacial score (nSPS) is 12.7. The number of nitrogen functional groups attached to an aromatic ring is 1. The number of likely N-dealkylation sites (N-methyl/N-ethyl adjacent to an activating group) is 4. The quantitative estimate of drug-likeness (QED) is 0.0471. The summed E-state index contributed by atoms with van der Waals surface area (Å²) < 4.78 is 33.5. The van der Waals surface area contributed by atoms with E-state index in [1.165, 1.54) is 35.0 Å². The van der Waals surface area contributed by atoms with E-state index in [0.29, 0.717) is 36.9 Å². The molecule has 20 heteroatoms. The predicted octanol–water partition coefficient (Wildman–Crippen LogP) is 7.04. The topological polar surface area (TPSA) is 190 Å². The van der Waals surface area contributed by atoms with Crippen molar-refractivity contribution in [2.45, 2.75) is 69.5 Å². The molecule has 0 saturated carbocycles. The fourth-order valence-corrected chi connectivity index (χ4v) is 12.5. The molecule has 0 unspecified atom stereocenters. The van der Waals surface area contributed by atoms with Gasteiger partial charge in [-0.15, -0.1) is 45.3 Å². The van der Waals surface area contributed by atoms with Gasteiger partial charge in [-0.25, -0.2) is 18.4 Å². The molecule has 0 aliphatic carbocycles. The molecule has 77 heavy (non-hydrogen) atoms. The van der Waals surface area contributed by atoms with E-state index in [0.717, 1.165) is 53.4 Å². The van der Waals surface area contributed by atoms with Gasteiger partial charge in [-0.3, -0.25) is 19.2 Å². The van der Waals surface area contributed by atoms with E-state index in [-0.39, 0.29) is 59.2 Å². The van der Waals surface area contributed by atoms with Gasteiger partial charge in [0.05, 0.1) is 49.1 Å². The van der Waals surface area contributed by atoms with Crippen LogP contribution in [-0.2, 0) is 60.7 Å². The third-order valence-corrected chi connectivity index (χ3v) is 17.6. The fourth-order valence-electron chi connectivity index (χ4n) is 8.53. The summed E-state index contributed by atoms with van der Waals surface area (Å²) >= 11 is 6.31. The van der Waals surface area contributed by atoms with Crippen LogP contribution >= 0.6 is 45.3 Å². The molecule has 4 atom stereocenters. The SMILES string of the molecule is CC(=O)N(C)[C@@H](Cc1ccccc1)C(=O)N(C)[C@@H](Cc1ccc(CS(=O)(=O)[O-])cc1)c1csc(-c2cccs2)n1.CC(=O)N(C)[C@@H](Cc1ccccc1)C(=O)N(C)[C@@H](Cc1ccc(N)cc1)c1csc(-c2cccs2)n1.[Na+]. The standard InChI is InChI=1S/C29H31N3O5S3.C28H30N4O2S2.Na/c1-20(33)31(2)26(17-21-8-5-4-6-9-21)29(34)32(3)25(24-18-39-28(30-24)27-10-7-15-38-27)16-22-11-13-23(14-12-22)19-40(35,36)37;1-19(33)31(2)25(17-20-8-5-4-6-9-20)28(34)32(3)24(16-21-11-13-22(29)14-12-21)23-18-36-27(30-23)26-10-7-15-35-26;/h4-15,18,25-26H,16-17,19H2,1-3H3,(H,35,36,37);4-15,18,24-25H,16-17,29H2,1-3H3;/q;;+1/p-1/t25-,26-;24-,25-;/m00./s1. The monoisotopic (exact) mass is 1140 g/mol. The van der Waals surface area contributed by atoms with Gasteiger partial charge in [0.2, 0.25) is 23.6 Å². The van der Waals surface area contributed by atoms with E-state index in [2.05, 4.69) is 6.07 Å². The third kappa shape index (κ3) is 16.8. The van der Waals surface area contributed by atoms with Gasteiger partial charge in [-0.2, -0.15) is 0 Å². The molecule has 0 bridgehead atoms. The van der Waals surface area contributed by atoms with Gasteiger partial charge in [0, 0.05) is 71.3 Å². The van der Waals surface area contributed by atoms with Gasteiger partial charge in [0.15, 0.2) is 0 Å². The Labute approximate surface area is 489 Å². The zero-order chi connectivity index (χ0) is 54.5. The minimum Gasteiger partial charge on any atom is -0.748 e. The maximum atomic E-state index is 14.1. The van der Waals surface area contributed by atoms with Crippen LogP contribution in [0.4, 0.5) is 5.69 Å². The van der Waals surface area contributed by atoms with Crippen LogP contribution in [0, 0.1) is 0 Å². The molecule has 4 heterocycles. The number of carbonyl (C=O) groups excluding carboxylic acids is 4. The number of thiazole rings is 2. The van der Waals surface area contributed by atoms with Crippen molar-refractivity contribution >= 4 is 84.8 Å². The Bertz CT molecular complexity index is 3270. The summed E-state index contributed by atoms with van der Waals surface area (Å²) in [6.45, 7) is 2.94. The van der Waals surface area contributed by atoms with E-state index in [1.807, 2.05) is 125 Å². The molecule has 8 aromatic rings. The zero-order valence-electron chi connectivity index (χ0n) is 44.0. The molecule has 4 aromatic carbocycles. The van der Waals surface area contributed by atoms with Gasteiger partial charge >= 0.3 is 29.6 Å². The molecule has 0 spiro atoms. The molecule has 4 aromatic heterocycles. The van der Waals surface area contributed by atoms with Crippen LogP contribution in [-0.4, -0.2) is 106 Å². The Morgan fingerprint density at radius 2 is 0.870 bits per heavy atom. The Kier molecular flexibility index (Phi) is 22.1. The van der Waals surface area contributed by atoms with Gasteiger partial charge in [-0.05, 0) is 75.7 Å². The first-order chi connectivity index (χ1) is 36.3. The van der Waals surface area contributed by atoms with Crippen molar-refractivity contribution in [2.24, 2.45) is 0 Å². The minimum absolute atomic E-state index is 0. The number of hydrogen-bond acceptors (Lipinski definition) is 14. The number of hydrogen-bond donors (Lipinski definition) is 1. The van der Waals surface area contributed by atoms with Crippen molar-refractivity contribution in [2.75, 3.05) is 33.9 Å². The summed E-state index contributed by atoms with van der Waals surface area (Å²) in [5.74, 6) is -1.28. The molecule has 0 radical (unpaired) electrons. The summed E-state index contributed by atoms with van der Waals surface area (Å²) in [5.41, 5.74) is 12.4. The fraction of sp³-hybridized carbons (Fsp3) is 0.263. The number of anilines is 1. The van der Waals surface area contributed by atoms with Gasteiger partial charge in [-0.1, -0.05) is 109 Å². The summed E-state index contributed by atoms with van der Waals surface area (Å²) in [6.07, 6.45) is 1.79. The number of amides is 4. The maximum Gasteiger partial charge on any atom is 1.00 e. The Morgan fingerprint density at radius 1 is 0.506 bits per heavy atom. The van der Waals surface area contributed by atoms with Gasteiger partial charge in [0.1, 0.15) is 22.1 Å². The van der Waals surface area contributed by atoms with E-state index in [9.17, 15) is 32.1 Å². The number of benzene rings is 4. The molecule has 0 aliphatic rings. The maximum absolute atomic E-state index is 14.1. The molecule has 2 N–H and O–H groups in total. The van der Waals surface area contributed by atoms with Crippen LogP contribution in [0.1, 0.15) is 65.1 Å². The molecular weight excluding hydrogens is 1080 g/mol. The first-order valence-corrected chi connectivity index (χ1v) is 29.4. The second-order valence-corrected chi connectivity index (χ2v) is 23.4. The first-order valence-electron chi connectivity index (χ1n) is 24.3. The average molecular weight is 1140 g/mol. The average Bonchev–Trinajstić information content (AvgIpc) is 4.29. The second kappa shape index (κ2) is 28.1. The molecule has 0 aliphatic heterocycles. The smallest absolute Gasteiger partial charge is 0.748 e. The predicted molar refractivity (Wildman–Crippen MR) is 305 cm³/mol. The van der Waals surface area contributed by atoms with Crippen molar-refractivity contribution in [3.8, 4) is 19.8 Å². The summed E-state index contributed by atoms with van der Waals surface area (Å²) in [7, 11) is 2.46. The van der Waals surface area contributed by atoms with Crippen LogP contribution in [0.2, 0.25) is 0 Å². The largest absolute Gasteiger partial charge is 1.00 e. The second-order valence-electron chi connectivity index (χ2n) is 18.4. The molecule has 0 saturated heterocycles. The number of nitrogens with zero attached hydrogens (tertiary/aromatic N) is 6. The van der Waals surface area contributed by atoms with E-state index < -0.39 is 34.0 Å². The van der Waals surface area contributed by atoms with Crippen LogP contribution in [0.5, 0.6) is 0 Å². The van der Waals surface area contributed by atoms with Crippen molar-refractivity contribution in [1.82, 2.24) is 29.6 Å². The van der Waals surface area contributed by atoms with Crippen molar-refractivity contribution in [3.63, 3.8) is 0 Å². The number of rotatable bonds is 20. The molecule has 396 valence electrons. The van der Waals surface area contributed by atoms with E-state index in [4.69, 9.17) is 15.7 Å².